The van der Waals surface area contributed by atoms with E-state index in [1.54, 1.807) is 4.31 Å². The summed E-state index contributed by atoms with van der Waals surface area (Å²) in [5, 5.41) is 0. The molecule has 0 unspecified atom stereocenters. The maximum Gasteiger partial charge on any atom is 0.214 e. The smallest absolute Gasteiger partial charge is 0.212 e. The Morgan fingerprint density at radius 3 is 2.57 bits per heavy atom. The van der Waals surface area contributed by atoms with Crippen LogP contribution >= 0.6 is 0 Å². The standard InChI is InChI=1S/C10H21NO2S/c1-9(2)8-14(12,13)11-6-4-5-10(3)7-11/h9-10H,4-8H2,1-3H3/t10-/m0/s1. The third-order valence-corrected chi connectivity index (χ3v) is 4.76. The molecule has 0 bridgehead atoms. The van der Waals surface area contributed by atoms with Gasteiger partial charge in [-0.3, -0.25) is 0 Å². The highest BCUT2D eigenvalue weighted by atomic mass is 32.2. The van der Waals surface area contributed by atoms with Gasteiger partial charge in [-0.25, -0.2) is 12.7 Å². The summed E-state index contributed by atoms with van der Waals surface area (Å²) >= 11 is 0. The number of hydrogen-bond donors (Lipinski definition) is 0. The van der Waals surface area contributed by atoms with Crippen LogP contribution in [-0.2, 0) is 10.0 Å². The van der Waals surface area contributed by atoms with Crippen molar-refractivity contribution in [1.82, 2.24) is 4.31 Å². The van der Waals surface area contributed by atoms with Gasteiger partial charge in [0, 0.05) is 13.1 Å². The van der Waals surface area contributed by atoms with Crippen LogP contribution in [0.15, 0.2) is 0 Å². The number of sulfonamides is 1. The lowest BCUT2D eigenvalue weighted by atomic mass is 10.0. The average Bonchev–Trinajstić information content (AvgIpc) is 2.01. The monoisotopic (exact) mass is 219 g/mol. The molecule has 1 aliphatic rings. The van der Waals surface area contributed by atoms with Crippen molar-refractivity contribution in [2.45, 2.75) is 33.6 Å². The van der Waals surface area contributed by atoms with Crippen LogP contribution in [0.1, 0.15) is 33.6 Å². The molecular weight excluding hydrogens is 198 g/mol. The number of piperidine rings is 1. The van der Waals surface area contributed by atoms with Gasteiger partial charge < -0.3 is 0 Å². The van der Waals surface area contributed by atoms with Gasteiger partial charge in [-0.15, -0.1) is 0 Å². The first-order valence-electron chi connectivity index (χ1n) is 5.39. The average molecular weight is 219 g/mol. The van der Waals surface area contributed by atoms with E-state index in [-0.39, 0.29) is 5.92 Å². The molecule has 4 heteroatoms. The van der Waals surface area contributed by atoms with E-state index in [1.807, 2.05) is 13.8 Å². The van der Waals surface area contributed by atoms with Gasteiger partial charge in [0.05, 0.1) is 5.75 Å². The quantitative estimate of drug-likeness (QED) is 0.724. The van der Waals surface area contributed by atoms with E-state index in [1.165, 1.54) is 0 Å². The normalized spacial score (nSPS) is 25.6. The molecule has 0 aromatic carbocycles. The van der Waals surface area contributed by atoms with E-state index in [0.717, 1.165) is 25.9 Å². The Morgan fingerprint density at radius 2 is 2.07 bits per heavy atom. The molecular formula is C10H21NO2S. The summed E-state index contributed by atoms with van der Waals surface area (Å²) < 4.78 is 25.4. The van der Waals surface area contributed by atoms with Crippen molar-refractivity contribution in [2.75, 3.05) is 18.8 Å². The van der Waals surface area contributed by atoms with Gasteiger partial charge in [0.2, 0.25) is 10.0 Å². The van der Waals surface area contributed by atoms with Crippen LogP contribution in [0.2, 0.25) is 0 Å². The van der Waals surface area contributed by atoms with E-state index in [0.29, 0.717) is 11.7 Å². The van der Waals surface area contributed by atoms with Gasteiger partial charge in [-0.2, -0.15) is 0 Å². The first-order valence-corrected chi connectivity index (χ1v) is 7.00. The third kappa shape index (κ3) is 3.24. The Hall–Kier alpha value is -0.0900. The highest BCUT2D eigenvalue weighted by Crippen LogP contribution is 2.19. The highest BCUT2D eigenvalue weighted by Gasteiger charge is 2.27. The molecule has 0 aromatic heterocycles. The van der Waals surface area contributed by atoms with Crippen LogP contribution in [0.4, 0.5) is 0 Å². The zero-order valence-corrected chi connectivity index (χ0v) is 10.2. The van der Waals surface area contributed by atoms with Crippen LogP contribution in [0, 0.1) is 11.8 Å². The molecule has 1 saturated heterocycles. The Kier molecular flexibility index (Phi) is 3.95. The van der Waals surface area contributed by atoms with Crippen LogP contribution in [-0.4, -0.2) is 31.6 Å². The zero-order chi connectivity index (χ0) is 10.8. The second kappa shape index (κ2) is 4.62. The first kappa shape index (κ1) is 12.0. The molecule has 0 saturated carbocycles. The van der Waals surface area contributed by atoms with Crippen LogP contribution < -0.4 is 0 Å². The van der Waals surface area contributed by atoms with Crippen molar-refractivity contribution in [3.8, 4) is 0 Å². The van der Waals surface area contributed by atoms with Gasteiger partial charge in [-0.1, -0.05) is 20.8 Å². The van der Waals surface area contributed by atoms with Crippen molar-refractivity contribution in [2.24, 2.45) is 11.8 Å². The van der Waals surface area contributed by atoms with Gasteiger partial charge in [-0.05, 0) is 24.7 Å². The van der Waals surface area contributed by atoms with Crippen LogP contribution in [0.25, 0.3) is 0 Å². The molecule has 84 valence electrons. The fourth-order valence-corrected chi connectivity index (χ4v) is 3.87. The predicted octanol–water partition coefficient (Wildman–Crippen LogP) is 1.70. The third-order valence-electron chi connectivity index (χ3n) is 2.56. The summed E-state index contributed by atoms with van der Waals surface area (Å²) in [5.41, 5.74) is 0. The van der Waals surface area contributed by atoms with Gasteiger partial charge in [0.1, 0.15) is 0 Å². The molecule has 1 aliphatic heterocycles. The highest BCUT2D eigenvalue weighted by molar-refractivity contribution is 7.89. The molecule has 14 heavy (non-hydrogen) atoms. The van der Waals surface area contributed by atoms with Crippen molar-refractivity contribution in [3.05, 3.63) is 0 Å². The Morgan fingerprint density at radius 1 is 1.43 bits per heavy atom. The van der Waals surface area contributed by atoms with Crippen LogP contribution in [0.5, 0.6) is 0 Å². The van der Waals surface area contributed by atoms with E-state index in [9.17, 15) is 8.42 Å². The fourth-order valence-electron chi connectivity index (χ4n) is 1.93. The molecule has 1 atom stereocenters. The largest absolute Gasteiger partial charge is 0.214 e. The van der Waals surface area contributed by atoms with E-state index in [2.05, 4.69) is 6.92 Å². The Bertz CT molecular complexity index is 272. The summed E-state index contributed by atoms with van der Waals surface area (Å²) in [7, 11) is -2.98. The lowest BCUT2D eigenvalue weighted by Gasteiger charge is -2.30. The Balaban J connectivity index is 2.62. The summed E-state index contributed by atoms with van der Waals surface area (Å²) in [6, 6.07) is 0. The molecule has 3 nitrogen and oxygen atoms in total. The van der Waals surface area contributed by atoms with Crippen LogP contribution in [0.3, 0.4) is 0 Å². The molecule has 0 radical (unpaired) electrons. The fraction of sp³-hybridized carbons (Fsp3) is 1.00. The minimum Gasteiger partial charge on any atom is -0.212 e. The van der Waals surface area contributed by atoms with Gasteiger partial charge in [0.15, 0.2) is 0 Å². The van der Waals surface area contributed by atoms with Gasteiger partial charge >= 0.3 is 0 Å². The maximum absolute atomic E-state index is 11.9. The minimum absolute atomic E-state index is 0.220. The van der Waals surface area contributed by atoms with Crippen molar-refractivity contribution in [1.29, 1.82) is 0 Å². The summed E-state index contributed by atoms with van der Waals surface area (Å²) in [4.78, 5) is 0. The predicted molar refractivity (Wildman–Crippen MR) is 58.6 cm³/mol. The van der Waals surface area contributed by atoms with Crippen molar-refractivity contribution >= 4 is 10.0 Å². The number of rotatable bonds is 3. The van der Waals surface area contributed by atoms with E-state index < -0.39 is 10.0 Å². The molecule has 1 heterocycles. The van der Waals surface area contributed by atoms with E-state index in [4.69, 9.17) is 0 Å². The van der Waals surface area contributed by atoms with E-state index >= 15 is 0 Å². The zero-order valence-electron chi connectivity index (χ0n) is 9.36. The van der Waals surface area contributed by atoms with Gasteiger partial charge in [0.25, 0.3) is 0 Å². The number of hydrogen-bond acceptors (Lipinski definition) is 2. The first-order chi connectivity index (χ1) is 6.42. The molecule has 0 aliphatic carbocycles. The topological polar surface area (TPSA) is 37.4 Å². The molecule has 0 spiro atoms. The molecule has 1 rings (SSSR count). The summed E-state index contributed by atoms with van der Waals surface area (Å²) in [5.74, 6) is 1.03. The molecule has 0 N–H and O–H groups in total. The lowest BCUT2D eigenvalue weighted by Crippen LogP contribution is -2.41. The SMILES string of the molecule is CC(C)CS(=O)(=O)N1CCC[C@H](C)C1. The molecule has 0 aromatic rings. The number of nitrogens with zero attached hydrogens (tertiary/aromatic N) is 1. The van der Waals surface area contributed by atoms with Crippen molar-refractivity contribution < 1.29 is 8.42 Å². The summed E-state index contributed by atoms with van der Waals surface area (Å²) in [6.45, 7) is 7.46. The maximum atomic E-state index is 11.9. The lowest BCUT2D eigenvalue weighted by molar-refractivity contribution is 0.280. The summed E-state index contributed by atoms with van der Waals surface area (Å²) in [6.07, 6.45) is 2.17. The second-order valence-electron chi connectivity index (χ2n) is 4.78. The second-order valence-corrected chi connectivity index (χ2v) is 6.79. The van der Waals surface area contributed by atoms with Crippen molar-refractivity contribution in [3.63, 3.8) is 0 Å². The molecule has 1 fully saturated rings. The minimum atomic E-state index is -2.98. The molecule has 0 amide bonds. The Labute approximate surface area is 87.5 Å².